The molecule has 31 heavy (non-hydrogen) atoms. The van der Waals surface area contributed by atoms with Gasteiger partial charge in [-0.1, -0.05) is 39.8 Å². The summed E-state index contributed by atoms with van der Waals surface area (Å²) in [5, 5.41) is 18.5. The molecule has 4 rings (SSSR count). The molecule has 1 aromatic heterocycles. The number of rotatable bonds is 7. The summed E-state index contributed by atoms with van der Waals surface area (Å²) < 4.78 is 17.5. The molecule has 1 atom stereocenters. The van der Waals surface area contributed by atoms with Crippen molar-refractivity contribution in [1.29, 1.82) is 0 Å². The van der Waals surface area contributed by atoms with Gasteiger partial charge in [0.25, 0.3) is 0 Å². The number of carboxylic acids is 1. The first kappa shape index (κ1) is 21.7. The molecule has 0 unspecified atom stereocenters. The Morgan fingerprint density at radius 3 is 2.77 bits per heavy atom. The molecular weight excluding hydrogens is 485 g/mol. The first-order valence-corrected chi connectivity index (χ1v) is 11.4. The fraction of sp³-hybridized carbons (Fsp3) is 0.238. The van der Waals surface area contributed by atoms with Crippen LogP contribution >= 0.6 is 27.7 Å². The van der Waals surface area contributed by atoms with Crippen molar-refractivity contribution in [1.82, 2.24) is 14.8 Å². The Morgan fingerprint density at radius 2 is 2.03 bits per heavy atom. The van der Waals surface area contributed by atoms with Crippen molar-refractivity contribution in [3.63, 3.8) is 0 Å². The lowest BCUT2D eigenvalue weighted by Crippen LogP contribution is -2.10. The summed E-state index contributed by atoms with van der Waals surface area (Å²) in [6, 6.07) is 11.5. The van der Waals surface area contributed by atoms with Crippen LogP contribution in [0.4, 0.5) is 4.39 Å². The Labute approximate surface area is 190 Å². The summed E-state index contributed by atoms with van der Waals surface area (Å²) in [6.45, 7) is 0.472. The number of halogens is 2. The highest BCUT2D eigenvalue weighted by Gasteiger charge is 2.30. The standard InChI is InChI=1S/C21H19BrFN5O2S/c22-12-5-7-17-14(11-12)19(13-3-1-2-4-15(13)23)25-16(6-8-18(29)30)20-26-27-21(28(17)20)31-10-9-24/h1-5,7,11,16H,6,8-10,24H2,(H,29,30)/t16-/m0/s1. The normalized spacial score (nSPS) is 15.1. The minimum Gasteiger partial charge on any atom is -0.481 e. The summed E-state index contributed by atoms with van der Waals surface area (Å²) in [7, 11) is 0. The predicted octanol–water partition coefficient (Wildman–Crippen LogP) is 3.98. The molecule has 0 saturated heterocycles. The van der Waals surface area contributed by atoms with Gasteiger partial charge in [0.1, 0.15) is 11.9 Å². The van der Waals surface area contributed by atoms with Crippen molar-refractivity contribution >= 4 is 39.4 Å². The number of carbonyl (C=O) groups is 1. The van der Waals surface area contributed by atoms with Gasteiger partial charge in [0.2, 0.25) is 0 Å². The van der Waals surface area contributed by atoms with E-state index in [-0.39, 0.29) is 12.8 Å². The molecule has 0 amide bonds. The molecule has 1 aliphatic heterocycles. The van der Waals surface area contributed by atoms with Crippen LogP contribution in [-0.2, 0) is 4.79 Å². The van der Waals surface area contributed by atoms with Crippen molar-refractivity contribution in [2.24, 2.45) is 10.7 Å². The largest absolute Gasteiger partial charge is 0.481 e. The number of carboxylic acid groups (broad SMARTS) is 1. The van der Waals surface area contributed by atoms with E-state index in [9.17, 15) is 14.3 Å². The number of nitrogens with two attached hydrogens (primary N) is 1. The maximum atomic E-state index is 14.8. The summed E-state index contributed by atoms with van der Waals surface area (Å²) >= 11 is 4.96. The zero-order valence-electron chi connectivity index (χ0n) is 16.3. The number of aromatic nitrogens is 3. The summed E-state index contributed by atoms with van der Waals surface area (Å²) in [5.41, 5.74) is 7.92. The molecule has 2 heterocycles. The number of benzene rings is 2. The van der Waals surface area contributed by atoms with E-state index in [0.29, 0.717) is 40.1 Å². The van der Waals surface area contributed by atoms with E-state index in [4.69, 9.17) is 10.7 Å². The van der Waals surface area contributed by atoms with Gasteiger partial charge in [-0.15, -0.1) is 10.2 Å². The number of thioether (sulfide) groups is 1. The second-order valence-electron chi connectivity index (χ2n) is 6.88. The summed E-state index contributed by atoms with van der Waals surface area (Å²) in [5.74, 6) is -0.170. The minimum atomic E-state index is -0.934. The van der Waals surface area contributed by atoms with Gasteiger partial charge in [-0.3, -0.25) is 14.4 Å². The molecule has 7 nitrogen and oxygen atoms in total. The molecule has 2 aromatic carbocycles. The fourth-order valence-corrected chi connectivity index (χ4v) is 4.55. The Morgan fingerprint density at radius 1 is 1.23 bits per heavy atom. The third kappa shape index (κ3) is 4.41. The predicted molar refractivity (Wildman–Crippen MR) is 120 cm³/mol. The molecule has 0 fully saturated rings. The van der Waals surface area contributed by atoms with E-state index in [1.807, 2.05) is 22.8 Å². The zero-order chi connectivity index (χ0) is 22.0. The molecule has 0 aliphatic carbocycles. The van der Waals surface area contributed by atoms with Gasteiger partial charge in [-0.2, -0.15) is 0 Å². The van der Waals surface area contributed by atoms with Crippen LogP contribution in [0.25, 0.3) is 5.69 Å². The molecule has 3 N–H and O–H groups in total. The highest BCUT2D eigenvalue weighted by atomic mass is 79.9. The van der Waals surface area contributed by atoms with Gasteiger partial charge < -0.3 is 10.8 Å². The number of hydrogen-bond donors (Lipinski definition) is 2. The van der Waals surface area contributed by atoms with Crippen molar-refractivity contribution in [2.45, 2.75) is 24.0 Å². The average Bonchev–Trinajstić information content (AvgIpc) is 3.11. The number of nitrogens with zero attached hydrogens (tertiary/aromatic N) is 4. The Kier molecular flexibility index (Phi) is 6.49. The van der Waals surface area contributed by atoms with Gasteiger partial charge in [0, 0.05) is 34.3 Å². The van der Waals surface area contributed by atoms with E-state index in [1.165, 1.54) is 17.8 Å². The van der Waals surface area contributed by atoms with Gasteiger partial charge in [0.05, 0.1) is 11.4 Å². The van der Waals surface area contributed by atoms with Gasteiger partial charge in [0.15, 0.2) is 11.0 Å². The zero-order valence-corrected chi connectivity index (χ0v) is 18.7. The van der Waals surface area contributed by atoms with E-state index < -0.39 is 17.8 Å². The molecule has 0 radical (unpaired) electrons. The fourth-order valence-electron chi connectivity index (χ4n) is 3.46. The topological polar surface area (TPSA) is 106 Å². The SMILES string of the molecule is NCCSc1nnc2n1-c1ccc(Br)cc1C(c1ccccc1F)=N[C@H]2CCC(=O)O. The monoisotopic (exact) mass is 503 g/mol. The Bertz CT molecular complexity index is 1170. The third-order valence-electron chi connectivity index (χ3n) is 4.81. The van der Waals surface area contributed by atoms with Crippen molar-refractivity contribution in [3.05, 3.63) is 69.7 Å². The summed E-state index contributed by atoms with van der Waals surface area (Å²) in [6.07, 6.45) is 0.110. The molecule has 0 bridgehead atoms. The second-order valence-corrected chi connectivity index (χ2v) is 8.86. The van der Waals surface area contributed by atoms with Crippen molar-refractivity contribution < 1.29 is 14.3 Å². The molecule has 1 aliphatic rings. The van der Waals surface area contributed by atoms with E-state index in [1.54, 1.807) is 18.2 Å². The van der Waals surface area contributed by atoms with Crippen LogP contribution in [-0.4, -0.2) is 43.8 Å². The molecule has 0 saturated carbocycles. The Hall–Kier alpha value is -2.56. The van der Waals surface area contributed by atoms with E-state index >= 15 is 0 Å². The van der Waals surface area contributed by atoms with Crippen molar-refractivity contribution in [3.8, 4) is 5.69 Å². The molecule has 10 heteroatoms. The first-order valence-electron chi connectivity index (χ1n) is 9.62. The number of fused-ring (bicyclic) bond motifs is 3. The highest BCUT2D eigenvalue weighted by molar-refractivity contribution is 9.10. The maximum Gasteiger partial charge on any atom is 0.303 e. The third-order valence-corrected chi connectivity index (χ3v) is 6.26. The molecule has 160 valence electrons. The lowest BCUT2D eigenvalue weighted by Gasteiger charge is -2.14. The quantitative estimate of drug-likeness (QED) is 0.472. The lowest BCUT2D eigenvalue weighted by atomic mass is 10.00. The number of aliphatic imine (C=N–C) groups is 1. The van der Waals surface area contributed by atoms with Crippen LogP contribution in [0.3, 0.4) is 0 Å². The first-order chi connectivity index (χ1) is 15.0. The van der Waals surface area contributed by atoms with Crippen LogP contribution < -0.4 is 5.73 Å². The van der Waals surface area contributed by atoms with Crippen molar-refractivity contribution in [2.75, 3.05) is 12.3 Å². The second kappa shape index (κ2) is 9.29. The summed E-state index contributed by atoms with van der Waals surface area (Å²) in [4.78, 5) is 16.1. The van der Waals surface area contributed by atoms with E-state index in [0.717, 1.165) is 10.2 Å². The number of hydrogen-bond acceptors (Lipinski definition) is 6. The molecular formula is C21H19BrFN5O2S. The molecule has 3 aromatic rings. The lowest BCUT2D eigenvalue weighted by molar-refractivity contribution is -0.137. The van der Waals surface area contributed by atoms with Gasteiger partial charge >= 0.3 is 5.97 Å². The van der Waals surface area contributed by atoms with E-state index in [2.05, 4.69) is 26.1 Å². The minimum absolute atomic E-state index is 0.100. The van der Waals surface area contributed by atoms with Crippen LogP contribution in [0.15, 0.2) is 57.1 Å². The molecule has 0 spiro atoms. The van der Waals surface area contributed by atoms with Crippen LogP contribution in [0, 0.1) is 5.82 Å². The van der Waals surface area contributed by atoms with Crippen LogP contribution in [0.5, 0.6) is 0 Å². The van der Waals surface area contributed by atoms with Gasteiger partial charge in [-0.25, -0.2) is 4.39 Å². The smallest absolute Gasteiger partial charge is 0.303 e. The maximum absolute atomic E-state index is 14.8. The average molecular weight is 504 g/mol. The Balaban J connectivity index is 1.97. The van der Waals surface area contributed by atoms with Crippen LogP contribution in [0.2, 0.25) is 0 Å². The highest BCUT2D eigenvalue weighted by Crippen LogP contribution is 2.36. The van der Waals surface area contributed by atoms with Crippen LogP contribution in [0.1, 0.15) is 35.8 Å². The van der Waals surface area contributed by atoms with Gasteiger partial charge in [-0.05, 0) is 36.8 Å². The number of aliphatic carboxylic acids is 1.